The highest BCUT2D eigenvalue weighted by Gasteiger charge is 2.27. The summed E-state index contributed by atoms with van der Waals surface area (Å²) in [5, 5.41) is 0. The van der Waals surface area contributed by atoms with Crippen molar-refractivity contribution in [3.8, 4) is 0 Å². The number of phosphoric acid groups is 1. The third-order valence-electron chi connectivity index (χ3n) is 9.72. The van der Waals surface area contributed by atoms with Gasteiger partial charge in [0.05, 0.1) is 27.7 Å². The van der Waals surface area contributed by atoms with E-state index in [0.29, 0.717) is 23.9 Å². The first kappa shape index (κ1) is 57.4. The molecule has 346 valence electrons. The summed E-state index contributed by atoms with van der Waals surface area (Å²) < 4.78 is 34.4. The van der Waals surface area contributed by atoms with Gasteiger partial charge in [-0.2, -0.15) is 0 Å². The van der Waals surface area contributed by atoms with Crippen LogP contribution >= 0.6 is 7.82 Å². The van der Waals surface area contributed by atoms with Crippen LogP contribution in [0.2, 0.25) is 0 Å². The monoisotopic (exact) mass is 863 g/mol. The fourth-order valence-electron chi connectivity index (χ4n) is 6.03. The Morgan fingerprint density at radius 3 is 1.42 bits per heavy atom. The Morgan fingerprint density at radius 1 is 0.533 bits per heavy atom. The first-order chi connectivity index (χ1) is 29.0. The van der Waals surface area contributed by atoms with Crippen LogP contribution in [0.4, 0.5) is 0 Å². The summed E-state index contributed by atoms with van der Waals surface area (Å²) in [6, 6.07) is 0. The number of esters is 2. The van der Waals surface area contributed by atoms with Crippen LogP contribution < -0.4 is 0 Å². The summed E-state index contributed by atoms with van der Waals surface area (Å²) in [4.78, 5) is 35.5. The summed E-state index contributed by atoms with van der Waals surface area (Å²) in [5.41, 5.74) is 0. The molecule has 0 aliphatic heterocycles. The van der Waals surface area contributed by atoms with Crippen LogP contribution in [0.5, 0.6) is 0 Å². The molecule has 9 nitrogen and oxygen atoms in total. The third-order valence-corrected chi connectivity index (χ3v) is 10.7. The Morgan fingerprint density at radius 2 is 0.950 bits per heavy atom. The number of phosphoric ester groups is 1. The molecule has 2 atom stereocenters. The first-order valence-corrected chi connectivity index (χ1v) is 25.2. The summed E-state index contributed by atoms with van der Waals surface area (Å²) in [5.74, 6) is -0.835. The molecule has 0 aromatic heterocycles. The van der Waals surface area contributed by atoms with Crippen molar-refractivity contribution in [1.82, 2.24) is 0 Å². The number of hydrogen-bond donors (Lipinski definition) is 1. The molecule has 0 spiro atoms. The number of unbranched alkanes of at least 4 members (excludes halogenated alkanes) is 16. The fraction of sp³-hybridized carbons (Fsp3) is 0.720. The zero-order chi connectivity index (χ0) is 44.3. The van der Waals surface area contributed by atoms with E-state index in [4.69, 9.17) is 18.5 Å². The van der Waals surface area contributed by atoms with Crippen molar-refractivity contribution >= 4 is 19.8 Å². The molecule has 0 heterocycles. The Labute approximate surface area is 368 Å². The summed E-state index contributed by atoms with van der Waals surface area (Å²) >= 11 is 0. The van der Waals surface area contributed by atoms with E-state index in [-0.39, 0.29) is 26.1 Å². The van der Waals surface area contributed by atoms with Crippen LogP contribution in [0, 0.1) is 0 Å². The van der Waals surface area contributed by atoms with Crippen molar-refractivity contribution in [3.63, 3.8) is 0 Å². The van der Waals surface area contributed by atoms with Gasteiger partial charge in [-0.15, -0.1) is 0 Å². The van der Waals surface area contributed by atoms with E-state index in [2.05, 4.69) is 86.8 Å². The van der Waals surface area contributed by atoms with E-state index < -0.39 is 32.5 Å². The molecule has 0 aromatic carbocycles. The molecule has 0 aromatic rings. The van der Waals surface area contributed by atoms with E-state index in [0.717, 1.165) is 83.5 Å². The van der Waals surface area contributed by atoms with Gasteiger partial charge in [0.2, 0.25) is 0 Å². The van der Waals surface area contributed by atoms with Crippen molar-refractivity contribution in [2.45, 2.75) is 187 Å². The lowest BCUT2D eigenvalue weighted by Gasteiger charge is -2.24. The SMILES string of the molecule is CC/C=C\C/C=C\C/C=C\C/C=C\CCCCCCC(=O)OC[C@H](COP(=O)(O)OCC[N+](C)(C)C)OC(=O)CCCCCCCCCCC/C=C\C/C=C\CCCCC. The number of likely N-dealkylation sites (N-methyl/N-ethyl adjacent to an activating group) is 1. The molecule has 0 fully saturated rings. The van der Waals surface area contributed by atoms with Crippen molar-refractivity contribution in [2.75, 3.05) is 47.5 Å². The van der Waals surface area contributed by atoms with Gasteiger partial charge >= 0.3 is 19.8 Å². The minimum atomic E-state index is -4.39. The molecule has 1 N–H and O–H groups in total. The van der Waals surface area contributed by atoms with E-state index in [9.17, 15) is 19.0 Å². The average molecular weight is 863 g/mol. The number of rotatable bonds is 42. The third kappa shape index (κ3) is 45.0. The minimum absolute atomic E-state index is 0.0231. The zero-order valence-corrected chi connectivity index (χ0v) is 39.8. The number of allylic oxidation sites excluding steroid dienone is 12. The second kappa shape index (κ2) is 41.8. The van der Waals surface area contributed by atoms with Crippen LogP contribution in [-0.4, -0.2) is 74.9 Å². The average Bonchev–Trinajstić information content (AvgIpc) is 3.20. The van der Waals surface area contributed by atoms with Gasteiger partial charge in [0.15, 0.2) is 6.10 Å². The predicted octanol–water partition coefficient (Wildman–Crippen LogP) is 13.8. The van der Waals surface area contributed by atoms with E-state index >= 15 is 0 Å². The number of quaternary nitrogens is 1. The highest BCUT2D eigenvalue weighted by atomic mass is 31.2. The highest BCUT2D eigenvalue weighted by molar-refractivity contribution is 7.47. The van der Waals surface area contributed by atoms with Crippen LogP contribution in [0.3, 0.4) is 0 Å². The summed E-state index contributed by atoms with van der Waals surface area (Å²) in [6.07, 6.45) is 52.3. The maximum atomic E-state index is 12.7. The number of hydrogen-bond acceptors (Lipinski definition) is 7. The standard InChI is InChI=1S/C50H88NO8P/c1-6-8-10-12-14-16-18-20-22-24-25-27-29-31-33-35-37-39-41-43-50(53)59-48(47-58-60(54,55)57-45-44-51(3,4)5)46-56-49(52)42-40-38-36-34-32-30-28-26-23-21-19-17-15-13-11-9-7-2/h9,11,14-17,20-23,28,30,48H,6-8,10,12-13,18-19,24-27,29,31-47H2,1-5H3/p+1/b11-9-,16-14-,17-15-,22-20-,23-21-,30-28-/t48-/m1/s1. The molecule has 0 amide bonds. The number of ether oxygens (including phenoxy) is 2. The molecule has 60 heavy (non-hydrogen) atoms. The van der Waals surface area contributed by atoms with Gasteiger partial charge in [0.25, 0.3) is 0 Å². The van der Waals surface area contributed by atoms with Gasteiger partial charge in [-0.1, -0.05) is 157 Å². The van der Waals surface area contributed by atoms with Gasteiger partial charge < -0.3 is 18.9 Å². The number of carbonyl (C=O) groups is 2. The highest BCUT2D eigenvalue weighted by Crippen LogP contribution is 2.43. The largest absolute Gasteiger partial charge is 0.472 e. The Hall–Kier alpha value is -2.55. The molecule has 0 bridgehead atoms. The molecular formula is C50H89NO8P+. The number of carbonyl (C=O) groups excluding carboxylic acids is 2. The maximum absolute atomic E-state index is 12.7. The van der Waals surface area contributed by atoms with Crippen molar-refractivity contribution in [3.05, 3.63) is 72.9 Å². The Bertz CT molecular complexity index is 1250. The molecule has 10 heteroatoms. The fourth-order valence-corrected chi connectivity index (χ4v) is 6.78. The maximum Gasteiger partial charge on any atom is 0.472 e. The number of nitrogens with zero attached hydrogens (tertiary/aromatic N) is 1. The van der Waals surface area contributed by atoms with E-state index in [1.54, 1.807) is 0 Å². The van der Waals surface area contributed by atoms with Gasteiger partial charge in [0.1, 0.15) is 19.8 Å². The Balaban J connectivity index is 4.37. The molecule has 0 saturated carbocycles. The second-order valence-electron chi connectivity index (χ2n) is 16.8. The molecular weight excluding hydrogens is 774 g/mol. The predicted molar refractivity (Wildman–Crippen MR) is 252 cm³/mol. The molecule has 1 unspecified atom stereocenters. The van der Waals surface area contributed by atoms with Crippen molar-refractivity contribution in [2.24, 2.45) is 0 Å². The summed E-state index contributed by atoms with van der Waals surface area (Å²) in [7, 11) is 1.45. The molecule has 0 rings (SSSR count). The van der Waals surface area contributed by atoms with Gasteiger partial charge in [0, 0.05) is 12.8 Å². The normalized spacial score (nSPS) is 14.2. The van der Waals surface area contributed by atoms with E-state index in [1.807, 2.05) is 21.1 Å². The minimum Gasteiger partial charge on any atom is -0.462 e. The van der Waals surface area contributed by atoms with Crippen LogP contribution in [0.15, 0.2) is 72.9 Å². The van der Waals surface area contributed by atoms with Crippen molar-refractivity contribution in [1.29, 1.82) is 0 Å². The first-order valence-electron chi connectivity index (χ1n) is 23.7. The molecule has 0 aliphatic rings. The Kier molecular flexibility index (Phi) is 40.0. The zero-order valence-electron chi connectivity index (χ0n) is 38.9. The lowest BCUT2D eigenvalue weighted by molar-refractivity contribution is -0.870. The van der Waals surface area contributed by atoms with Gasteiger partial charge in [-0.3, -0.25) is 18.6 Å². The second-order valence-corrected chi connectivity index (χ2v) is 18.2. The van der Waals surface area contributed by atoms with Crippen LogP contribution in [0.1, 0.15) is 181 Å². The molecule has 0 radical (unpaired) electrons. The van der Waals surface area contributed by atoms with Gasteiger partial charge in [-0.25, -0.2) is 4.57 Å². The lowest BCUT2D eigenvalue weighted by atomic mass is 10.1. The van der Waals surface area contributed by atoms with Crippen LogP contribution in [-0.2, 0) is 32.7 Å². The topological polar surface area (TPSA) is 108 Å². The van der Waals surface area contributed by atoms with Crippen molar-refractivity contribution < 1.29 is 42.1 Å². The van der Waals surface area contributed by atoms with Gasteiger partial charge in [-0.05, 0) is 83.5 Å². The van der Waals surface area contributed by atoms with Crippen LogP contribution in [0.25, 0.3) is 0 Å². The molecule has 0 saturated heterocycles. The quantitative estimate of drug-likeness (QED) is 0.0212. The lowest BCUT2D eigenvalue weighted by Crippen LogP contribution is -2.37. The smallest absolute Gasteiger partial charge is 0.462 e. The molecule has 0 aliphatic carbocycles. The summed E-state index contributed by atoms with van der Waals surface area (Å²) in [6.45, 7) is 4.25. The van der Waals surface area contributed by atoms with E-state index in [1.165, 1.54) is 57.8 Å².